The van der Waals surface area contributed by atoms with Gasteiger partial charge >= 0.3 is 5.97 Å². The zero-order valence-electron chi connectivity index (χ0n) is 11.7. The fraction of sp³-hybridized carbons (Fsp3) is 0.467. The average Bonchev–Trinajstić information content (AvgIpc) is 2.77. The van der Waals surface area contributed by atoms with Gasteiger partial charge < -0.3 is 14.7 Å². The number of hydrogen-bond acceptors (Lipinski definition) is 3. The molecule has 5 nitrogen and oxygen atoms in total. The standard InChI is InChI=1S/C15H19NO4/c1-3-16-13(17)9-12(15(18)19)14(16)10-5-7-11(8-6-10)20-4-2/h5-8,12,14H,3-4,9H2,1-2H3,(H,18,19). The molecule has 2 rings (SSSR count). The first kappa shape index (κ1) is 14.4. The van der Waals surface area contributed by atoms with Crippen LogP contribution in [0, 0.1) is 5.92 Å². The molecule has 1 aromatic carbocycles. The molecule has 2 unspecified atom stereocenters. The number of carboxylic acid groups (broad SMARTS) is 1. The number of benzene rings is 1. The maximum atomic E-state index is 11.9. The van der Waals surface area contributed by atoms with Gasteiger partial charge in [-0.15, -0.1) is 0 Å². The third-order valence-electron chi connectivity index (χ3n) is 3.62. The predicted octanol–water partition coefficient (Wildman–Crippen LogP) is 2.08. The average molecular weight is 277 g/mol. The van der Waals surface area contributed by atoms with Gasteiger partial charge in [0, 0.05) is 13.0 Å². The molecule has 1 heterocycles. The Bertz CT molecular complexity index is 497. The number of nitrogens with zero attached hydrogens (tertiary/aromatic N) is 1. The molecule has 1 fully saturated rings. The van der Waals surface area contributed by atoms with Gasteiger partial charge in [0.1, 0.15) is 5.75 Å². The summed E-state index contributed by atoms with van der Waals surface area (Å²) in [5.41, 5.74) is 0.841. The number of likely N-dealkylation sites (tertiary alicyclic amines) is 1. The highest BCUT2D eigenvalue weighted by Crippen LogP contribution is 2.38. The molecule has 1 aromatic rings. The molecule has 20 heavy (non-hydrogen) atoms. The minimum atomic E-state index is -0.923. The van der Waals surface area contributed by atoms with E-state index < -0.39 is 11.9 Å². The quantitative estimate of drug-likeness (QED) is 0.894. The Hall–Kier alpha value is -2.04. The van der Waals surface area contributed by atoms with Crippen molar-refractivity contribution in [3.05, 3.63) is 29.8 Å². The van der Waals surface area contributed by atoms with Crippen molar-refractivity contribution < 1.29 is 19.4 Å². The zero-order chi connectivity index (χ0) is 14.7. The molecule has 1 aliphatic rings. The Kier molecular flexibility index (Phi) is 4.27. The summed E-state index contributed by atoms with van der Waals surface area (Å²) in [6.45, 7) is 4.87. The molecular weight excluding hydrogens is 258 g/mol. The molecular formula is C15H19NO4. The lowest BCUT2D eigenvalue weighted by Gasteiger charge is -2.26. The summed E-state index contributed by atoms with van der Waals surface area (Å²) >= 11 is 0. The van der Waals surface area contributed by atoms with Crippen LogP contribution in [-0.2, 0) is 9.59 Å². The first-order valence-electron chi connectivity index (χ1n) is 6.83. The highest BCUT2D eigenvalue weighted by Gasteiger charge is 2.43. The summed E-state index contributed by atoms with van der Waals surface area (Å²) in [6, 6.07) is 6.92. The van der Waals surface area contributed by atoms with E-state index in [1.165, 1.54) is 0 Å². The van der Waals surface area contributed by atoms with Gasteiger partial charge in [0.15, 0.2) is 0 Å². The number of amides is 1. The molecule has 1 N–H and O–H groups in total. The highest BCUT2D eigenvalue weighted by atomic mass is 16.5. The van der Waals surface area contributed by atoms with Crippen LogP contribution in [0.2, 0.25) is 0 Å². The van der Waals surface area contributed by atoms with Gasteiger partial charge in [0.2, 0.25) is 5.91 Å². The van der Waals surface area contributed by atoms with Crippen molar-refractivity contribution in [2.75, 3.05) is 13.2 Å². The summed E-state index contributed by atoms with van der Waals surface area (Å²) in [7, 11) is 0. The van der Waals surface area contributed by atoms with Gasteiger partial charge in [-0.1, -0.05) is 12.1 Å². The van der Waals surface area contributed by atoms with Crippen LogP contribution in [0.25, 0.3) is 0 Å². The fourth-order valence-corrected chi connectivity index (χ4v) is 2.72. The van der Waals surface area contributed by atoms with E-state index in [0.717, 1.165) is 11.3 Å². The number of carbonyl (C=O) groups is 2. The Morgan fingerprint density at radius 3 is 2.50 bits per heavy atom. The third-order valence-corrected chi connectivity index (χ3v) is 3.62. The normalized spacial score (nSPS) is 22.1. The van der Waals surface area contributed by atoms with Crippen LogP contribution in [0.4, 0.5) is 0 Å². The minimum absolute atomic E-state index is 0.0705. The van der Waals surface area contributed by atoms with Crippen molar-refractivity contribution in [2.45, 2.75) is 26.3 Å². The molecule has 108 valence electrons. The molecule has 0 spiro atoms. The summed E-state index contributed by atoms with van der Waals surface area (Å²) in [4.78, 5) is 24.9. The first-order chi connectivity index (χ1) is 9.58. The monoisotopic (exact) mass is 277 g/mol. The molecule has 0 saturated carbocycles. The van der Waals surface area contributed by atoms with Gasteiger partial charge in [-0.25, -0.2) is 0 Å². The number of ether oxygens (including phenoxy) is 1. The molecule has 1 saturated heterocycles. The molecule has 0 bridgehead atoms. The van der Waals surface area contributed by atoms with Gasteiger partial charge in [0.25, 0.3) is 0 Å². The van der Waals surface area contributed by atoms with E-state index in [0.29, 0.717) is 13.2 Å². The van der Waals surface area contributed by atoms with Crippen LogP contribution in [0.5, 0.6) is 5.75 Å². The number of carboxylic acids is 1. The zero-order valence-corrected chi connectivity index (χ0v) is 11.7. The molecule has 2 atom stereocenters. The third kappa shape index (κ3) is 2.61. The van der Waals surface area contributed by atoms with Crippen molar-refractivity contribution in [3.63, 3.8) is 0 Å². The van der Waals surface area contributed by atoms with E-state index in [4.69, 9.17) is 4.74 Å². The second kappa shape index (κ2) is 5.94. The highest BCUT2D eigenvalue weighted by molar-refractivity contribution is 5.87. The lowest BCUT2D eigenvalue weighted by atomic mass is 9.93. The van der Waals surface area contributed by atoms with Crippen LogP contribution in [0.15, 0.2) is 24.3 Å². The Morgan fingerprint density at radius 1 is 1.35 bits per heavy atom. The lowest BCUT2D eigenvalue weighted by molar-refractivity contribution is -0.142. The van der Waals surface area contributed by atoms with Crippen LogP contribution >= 0.6 is 0 Å². The molecule has 5 heteroatoms. The number of hydrogen-bond donors (Lipinski definition) is 1. The molecule has 0 aliphatic carbocycles. The van der Waals surface area contributed by atoms with Gasteiger partial charge in [0.05, 0.1) is 18.6 Å². The van der Waals surface area contributed by atoms with Crippen molar-refractivity contribution in [2.24, 2.45) is 5.92 Å². The van der Waals surface area contributed by atoms with E-state index in [2.05, 4.69) is 0 Å². The van der Waals surface area contributed by atoms with E-state index in [9.17, 15) is 14.7 Å². The fourth-order valence-electron chi connectivity index (χ4n) is 2.72. The minimum Gasteiger partial charge on any atom is -0.494 e. The van der Waals surface area contributed by atoms with Crippen molar-refractivity contribution in [1.29, 1.82) is 0 Å². The maximum Gasteiger partial charge on any atom is 0.309 e. The van der Waals surface area contributed by atoms with Crippen molar-refractivity contribution in [3.8, 4) is 5.75 Å². The number of rotatable bonds is 5. The molecule has 0 aromatic heterocycles. The van der Waals surface area contributed by atoms with Gasteiger partial charge in [-0.05, 0) is 31.5 Å². The van der Waals surface area contributed by atoms with Crippen LogP contribution in [-0.4, -0.2) is 35.0 Å². The van der Waals surface area contributed by atoms with E-state index in [-0.39, 0.29) is 18.4 Å². The van der Waals surface area contributed by atoms with Crippen LogP contribution in [0.1, 0.15) is 31.9 Å². The van der Waals surface area contributed by atoms with Crippen LogP contribution in [0.3, 0.4) is 0 Å². The van der Waals surface area contributed by atoms with Gasteiger partial charge in [-0.3, -0.25) is 9.59 Å². The summed E-state index contributed by atoms with van der Waals surface area (Å²) < 4.78 is 5.38. The lowest BCUT2D eigenvalue weighted by Crippen LogP contribution is -2.30. The largest absolute Gasteiger partial charge is 0.494 e. The summed E-state index contributed by atoms with van der Waals surface area (Å²) in [5, 5.41) is 9.31. The second-order valence-corrected chi connectivity index (χ2v) is 4.78. The van der Waals surface area contributed by atoms with Crippen LogP contribution < -0.4 is 4.74 Å². The van der Waals surface area contributed by atoms with Gasteiger partial charge in [-0.2, -0.15) is 0 Å². The van der Waals surface area contributed by atoms with Crippen molar-refractivity contribution >= 4 is 11.9 Å². The number of carbonyl (C=O) groups excluding carboxylic acids is 1. The smallest absolute Gasteiger partial charge is 0.309 e. The Labute approximate surface area is 118 Å². The Balaban J connectivity index is 2.30. The summed E-state index contributed by atoms with van der Waals surface area (Å²) in [5.74, 6) is -0.956. The van der Waals surface area contributed by atoms with E-state index >= 15 is 0 Å². The topological polar surface area (TPSA) is 66.8 Å². The summed E-state index contributed by atoms with van der Waals surface area (Å²) in [6.07, 6.45) is 0.0705. The molecule has 0 radical (unpaired) electrons. The van der Waals surface area contributed by atoms with E-state index in [1.807, 2.05) is 38.1 Å². The van der Waals surface area contributed by atoms with E-state index in [1.54, 1.807) is 4.90 Å². The molecule has 1 aliphatic heterocycles. The predicted molar refractivity (Wildman–Crippen MR) is 73.5 cm³/mol. The first-order valence-corrected chi connectivity index (χ1v) is 6.83. The SMILES string of the molecule is CCOc1ccc(C2C(C(=O)O)CC(=O)N2CC)cc1. The maximum absolute atomic E-state index is 11.9. The Morgan fingerprint density at radius 2 is 2.00 bits per heavy atom. The number of aliphatic carboxylic acids is 1. The molecule has 1 amide bonds. The van der Waals surface area contributed by atoms with Crippen molar-refractivity contribution in [1.82, 2.24) is 4.90 Å². The second-order valence-electron chi connectivity index (χ2n) is 4.78.